The van der Waals surface area contributed by atoms with Gasteiger partial charge < -0.3 is 15.3 Å². The second kappa shape index (κ2) is 6.76. The SMILES string of the molecule is O=C(O)CC1C(=O)NCCN1C(=O)CSc1cccs1. The Hall–Kier alpha value is -1.54. The van der Waals surface area contributed by atoms with Crippen LogP contribution in [0, 0.1) is 0 Å². The minimum absolute atomic E-state index is 0.204. The standard InChI is InChI=1S/C12H14N2O4S2/c15-9(7-20-11-2-1-5-19-11)14-4-3-13-12(18)8(14)6-10(16)17/h1-2,5,8H,3-4,6-7H2,(H,13,18)(H,16,17). The predicted molar refractivity (Wildman–Crippen MR) is 75.8 cm³/mol. The van der Waals surface area contributed by atoms with Crippen LogP contribution in [0.5, 0.6) is 0 Å². The molecule has 1 aromatic heterocycles. The summed E-state index contributed by atoms with van der Waals surface area (Å²) in [5, 5.41) is 13.4. The van der Waals surface area contributed by atoms with Crippen LogP contribution in [0.4, 0.5) is 0 Å². The molecule has 1 unspecified atom stereocenters. The van der Waals surface area contributed by atoms with E-state index in [0.29, 0.717) is 13.1 Å². The number of nitrogens with zero attached hydrogens (tertiary/aromatic N) is 1. The second-order valence-electron chi connectivity index (χ2n) is 4.21. The van der Waals surface area contributed by atoms with Crippen molar-refractivity contribution >= 4 is 40.9 Å². The average molecular weight is 314 g/mol. The number of carboxylic acid groups (broad SMARTS) is 1. The van der Waals surface area contributed by atoms with Gasteiger partial charge in [-0.1, -0.05) is 6.07 Å². The molecule has 1 aliphatic rings. The fraction of sp³-hybridized carbons (Fsp3) is 0.417. The molecule has 2 heterocycles. The molecular weight excluding hydrogens is 300 g/mol. The van der Waals surface area contributed by atoms with Gasteiger partial charge in [-0.15, -0.1) is 23.1 Å². The lowest BCUT2D eigenvalue weighted by molar-refractivity contribution is -0.147. The van der Waals surface area contributed by atoms with Gasteiger partial charge >= 0.3 is 5.97 Å². The number of rotatable bonds is 5. The molecule has 0 radical (unpaired) electrons. The average Bonchev–Trinajstić information content (AvgIpc) is 2.91. The van der Waals surface area contributed by atoms with E-state index in [1.807, 2.05) is 17.5 Å². The van der Waals surface area contributed by atoms with E-state index in [1.54, 1.807) is 11.3 Å². The Balaban J connectivity index is 1.97. The monoisotopic (exact) mass is 314 g/mol. The summed E-state index contributed by atoms with van der Waals surface area (Å²) in [7, 11) is 0. The number of thiophene rings is 1. The Kier molecular flexibility index (Phi) is 5.02. The van der Waals surface area contributed by atoms with E-state index in [0.717, 1.165) is 4.21 Å². The zero-order chi connectivity index (χ0) is 14.5. The highest BCUT2D eigenvalue weighted by Crippen LogP contribution is 2.24. The number of piperazine rings is 1. The molecule has 108 valence electrons. The maximum atomic E-state index is 12.2. The summed E-state index contributed by atoms with van der Waals surface area (Å²) < 4.78 is 1.02. The minimum Gasteiger partial charge on any atom is -0.481 e. The summed E-state index contributed by atoms with van der Waals surface area (Å²) in [5.74, 6) is -1.47. The molecule has 2 amide bonds. The van der Waals surface area contributed by atoms with Crippen molar-refractivity contribution in [2.24, 2.45) is 0 Å². The van der Waals surface area contributed by atoms with Gasteiger partial charge in [0.2, 0.25) is 11.8 Å². The lowest BCUT2D eigenvalue weighted by Gasteiger charge is -2.34. The van der Waals surface area contributed by atoms with Crippen molar-refractivity contribution in [3.05, 3.63) is 17.5 Å². The molecule has 0 spiro atoms. The van der Waals surface area contributed by atoms with Gasteiger partial charge in [0.25, 0.3) is 0 Å². The van der Waals surface area contributed by atoms with Gasteiger partial charge in [0, 0.05) is 13.1 Å². The van der Waals surface area contributed by atoms with Crippen LogP contribution in [-0.4, -0.2) is 52.7 Å². The molecule has 0 aromatic carbocycles. The van der Waals surface area contributed by atoms with Crippen LogP contribution in [0.25, 0.3) is 0 Å². The number of hydrogen-bond donors (Lipinski definition) is 2. The van der Waals surface area contributed by atoms with Crippen LogP contribution in [0.1, 0.15) is 6.42 Å². The van der Waals surface area contributed by atoms with E-state index in [2.05, 4.69) is 5.32 Å². The van der Waals surface area contributed by atoms with Crippen LogP contribution in [0.2, 0.25) is 0 Å². The third-order valence-corrected chi connectivity index (χ3v) is 4.97. The second-order valence-corrected chi connectivity index (χ2v) is 6.44. The molecule has 1 atom stereocenters. The topological polar surface area (TPSA) is 86.7 Å². The first-order valence-corrected chi connectivity index (χ1v) is 7.89. The molecular formula is C12H14N2O4S2. The molecule has 1 aromatic rings. The Labute approximate surface area is 124 Å². The van der Waals surface area contributed by atoms with E-state index in [4.69, 9.17) is 5.11 Å². The van der Waals surface area contributed by atoms with E-state index in [9.17, 15) is 14.4 Å². The number of carbonyl (C=O) groups is 3. The molecule has 8 heteroatoms. The van der Waals surface area contributed by atoms with Crippen LogP contribution in [-0.2, 0) is 14.4 Å². The summed E-state index contributed by atoms with van der Waals surface area (Å²) >= 11 is 2.94. The quantitative estimate of drug-likeness (QED) is 0.779. The summed E-state index contributed by atoms with van der Waals surface area (Å²) in [6.45, 7) is 0.720. The number of carbonyl (C=O) groups excluding carboxylic acids is 2. The Morgan fingerprint density at radius 2 is 2.35 bits per heavy atom. The smallest absolute Gasteiger partial charge is 0.305 e. The van der Waals surface area contributed by atoms with Crippen molar-refractivity contribution < 1.29 is 19.5 Å². The molecule has 1 saturated heterocycles. The molecule has 2 N–H and O–H groups in total. The van der Waals surface area contributed by atoms with Gasteiger partial charge in [-0.05, 0) is 11.4 Å². The van der Waals surface area contributed by atoms with Crippen molar-refractivity contribution in [3.8, 4) is 0 Å². The molecule has 6 nitrogen and oxygen atoms in total. The summed E-state index contributed by atoms with van der Waals surface area (Å²) in [6, 6.07) is 2.91. The zero-order valence-corrected chi connectivity index (χ0v) is 12.2. The lowest BCUT2D eigenvalue weighted by atomic mass is 10.1. The molecule has 1 aliphatic heterocycles. The highest BCUT2D eigenvalue weighted by molar-refractivity contribution is 8.01. The van der Waals surface area contributed by atoms with Crippen molar-refractivity contribution in [1.82, 2.24) is 10.2 Å². The maximum Gasteiger partial charge on any atom is 0.305 e. The van der Waals surface area contributed by atoms with E-state index < -0.39 is 17.9 Å². The lowest BCUT2D eigenvalue weighted by Crippen LogP contribution is -2.58. The van der Waals surface area contributed by atoms with Gasteiger partial charge in [0.15, 0.2) is 0 Å². The van der Waals surface area contributed by atoms with Crippen molar-refractivity contribution in [1.29, 1.82) is 0 Å². The van der Waals surface area contributed by atoms with Gasteiger partial charge in [-0.2, -0.15) is 0 Å². The minimum atomic E-state index is -1.09. The van der Waals surface area contributed by atoms with Crippen LogP contribution >= 0.6 is 23.1 Å². The number of aliphatic carboxylic acids is 1. The largest absolute Gasteiger partial charge is 0.481 e. The van der Waals surface area contributed by atoms with Crippen LogP contribution in [0.15, 0.2) is 21.7 Å². The third-order valence-electron chi connectivity index (χ3n) is 2.85. The Morgan fingerprint density at radius 3 is 3.00 bits per heavy atom. The molecule has 0 bridgehead atoms. The van der Waals surface area contributed by atoms with Gasteiger partial charge in [0.05, 0.1) is 16.4 Å². The van der Waals surface area contributed by atoms with E-state index in [-0.39, 0.29) is 18.1 Å². The molecule has 20 heavy (non-hydrogen) atoms. The Bertz CT molecular complexity index is 504. The number of carboxylic acids is 1. The number of hydrogen-bond acceptors (Lipinski definition) is 5. The third kappa shape index (κ3) is 3.73. The summed E-state index contributed by atoms with van der Waals surface area (Å²) in [4.78, 5) is 36.0. The molecule has 0 saturated carbocycles. The number of thioether (sulfide) groups is 1. The Morgan fingerprint density at radius 1 is 1.55 bits per heavy atom. The molecule has 1 fully saturated rings. The predicted octanol–water partition coefficient (Wildman–Crippen LogP) is 0.642. The van der Waals surface area contributed by atoms with E-state index >= 15 is 0 Å². The first-order chi connectivity index (χ1) is 9.58. The number of amides is 2. The normalized spacial score (nSPS) is 18.7. The van der Waals surface area contributed by atoms with Crippen molar-refractivity contribution in [2.75, 3.05) is 18.8 Å². The molecule has 2 rings (SSSR count). The van der Waals surface area contributed by atoms with Crippen LogP contribution in [0.3, 0.4) is 0 Å². The highest BCUT2D eigenvalue weighted by Gasteiger charge is 2.34. The first kappa shape index (κ1) is 14.9. The fourth-order valence-electron chi connectivity index (χ4n) is 1.94. The first-order valence-electron chi connectivity index (χ1n) is 6.03. The maximum absolute atomic E-state index is 12.2. The van der Waals surface area contributed by atoms with Gasteiger partial charge in [-0.25, -0.2) is 0 Å². The van der Waals surface area contributed by atoms with Crippen molar-refractivity contribution in [3.63, 3.8) is 0 Å². The highest BCUT2D eigenvalue weighted by atomic mass is 32.2. The van der Waals surface area contributed by atoms with Crippen molar-refractivity contribution in [2.45, 2.75) is 16.7 Å². The fourth-order valence-corrected chi connectivity index (χ4v) is 3.61. The number of nitrogens with one attached hydrogen (secondary N) is 1. The van der Waals surface area contributed by atoms with Crippen LogP contribution < -0.4 is 5.32 Å². The molecule has 0 aliphatic carbocycles. The van der Waals surface area contributed by atoms with E-state index in [1.165, 1.54) is 16.7 Å². The van der Waals surface area contributed by atoms with Gasteiger partial charge in [0.1, 0.15) is 6.04 Å². The zero-order valence-electron chi connectivity index (χ0n) is 10.6. The summed E-state index contributed by atoms with van der Waals surface area (Å²) in [6.07, 6.45) is -0.360. The summed E-state index contributed by atoms with van der Waals surface area (Å²) in [5.41, 5.74) is 0. The van der Waals surface area contributed by atoms with Gasteiger partial charge in [-0.3, -0.25) is 14.4 Å².